The highest BCUT2D eigenvalue weighted by Crippen LogP contribution is 2.38. The zero-order valence-corrected chi connectivity index (χ0v) is 16.8. The quantitative estimate of drug-likeness (QED) is 0.620. The Kier molecular flexibility index (Phi) is 5.95. The monoisotopic (exact) mass is 441 g/mol. The van der Waals surface area contributed by atoms with Crippen molar-refractivity contribution in [2.45, 2.75) is 6.18 Å². The highest BCUT2D eigenvalue weighted by molar-refractivity contribution is 7.85. The predicted octanol–water partition coefficient (Wildman–Crippen LogP) is 4.47. The molecule has 3 N–H and O–H groups in total. The highest BCUT2D eigenvalue weighted by atomic mass is 32.2. The molecule has 31 heavy (non-hydrogen) atoms. The fraction of sp³-hybridized carbons (Fsp3) is 0.0952. The van der Waals surface area contributed by atoms with Crippen LogP contribution in [0.1, 0.15) is 16.7 Å². The van der Waals surface area contributed by atoms with Crippen molar-refractivity contribution in [1.29, 1.82) is 10.5 Å². The summed E-state index contributed by atoms with van der Waals surface area (Å²) in [5.41, 5.74) is 6.41. The average molecular weight is 441 g/mol. The van der Waals surface area contributed by atoms with Crippen LogP contribution < -0.4 is 10.5 Å². The van der Waals surface area contributed by atoms with Crippen LogP contribution in [0.3, 0.4) is 0 Å². The maximum Gasteiger partial charge on any atom is 0.416 e. The molecule has 1 atom stereocenters. The molecule has 0 amide bonds. The van der Waals surface area contributed by atoms with E-state index >= 15 is 0 Å². The Bertz CT molecular complexity index is 1260. The molecule has 1 heterocycles. The van der Waals surface area contributed by atoms with Gasteiger partial charge in [-0.25, -0.2) is 9.19 Å². The van der Waals surface area contributed by atoms with Gasteiger partial charge in [0.25, 0.3) is 0 Å². The van der Waals surface area contributed by atoms with E-state index in [2.05, 4.69) is 9.71 Å². The first-order chi connectivity index (χ1) is 14.7. The third kappa shape index (κ3) is 4.49. The Morgan fingerprint density at radius 2 is 1.68 bits per heavy atom. The second kappa shape index (κ2) is 8.46. The van der Waals surface area contributed by atoms with Crippen molar-refractivity contribution < 1.29 is 17.4 Å². The lowest BCUT2D eigenvalue weighted by Gasteiger charge is -2.15. The van der Waals surface area contributed by atoms with Crippen LogP contribution in [0, 0.1) is 22.7 Å². The molecular formula is C21H14F3N5OS. The van der Waals surface area contributed by atoms with Crippen molar-refractivity contribution in [3.05, 3.63) is 65.2 Å². The normalized spacial score (nSPS) is 11.9. The summed E-state index contributed by atoms with van der Waals surface area (Å²) in [5, 5.41) is 19.4. The number of rotatable bonds is 4. The molecule has 0 saturated heterocycles. The SMILES string of the molecule is CS(=O)Nc1cccc(-c2nc(N)c(C#N)c(-c3ccc(C(F)(F)F)cc3)c2C#N)c1. The molecule has 0 fully saturated rings. The second-order valence-electron chi connectivity index (χ2n) is 6.41. The van der Waals surface area contributed by atoms with Crippen LogP contribution in [0.15, 0.2) is 48.5 Å². The molecule has 156 valence electrons. The molecule has 3 aromatic rings. The van der Waals surface area contributed by atoms with Gasteiger partial charge in [0.15, 0.2) is 0 Å². The van der Waals surface area contributed by atoms with Gasteiger partial charge in [-0.1, -0.05) is 24.3 Å². The average Bonchev–Trinajstić information content (AvgIpc) is 2.72. The van der Waals surface area contributed by atoms with E-state index in [0.717, 1.165) is 12.1 Å². The van der Waals surface area contributed by atoms with E-state index in [4.69, 9.17) is 5.73 Å². The molecule has 0 saturated carbocycles. The maximum atomic E-state index is 12.9. The Hall–Kier alpha value is -3.89. The summed E-state index contributed by atoms with van der Waals surface area (Å²) in [4.78, 5) is 4.20. The van der Waals surface area contributed by atoms with Crippen LogP contribution in [0.25, 0.3) is 22.4 Å². The number of alkyl halides is 3. The lowest BCUT2D eigenvalue weighted by molar-refractivity contribution is -0.137. The van der Waals surface area contributed by atoms with Gasteiger partial charge in [-0.05, 0) is 29.8 Å². The number of nitrogens with one attached hydrogen (secondary N) is 1. The van der Waals surface area contributed by atoms with Crippen LogP contribution in [0.2, 0.25) is 0 Å². The Balaban J connectivity index is 2.26. The van der Waals surface area contributed by atoms with Gasteiger partial charge in [-0.2, -0.15) is 23.7 Å². The Morgan fingerprint density at radius 3 is 2.23 bits per heavy atom. The van der Waals surface area contributed by atoms with E-state index in [9.17, 15) is 27.9 Å². The molecule has 0 bridgehead atoms. The lowest BCUT2D eigenvalue weighted by atomic mass is 9.92. The number of benzene rings is 2. The first-order valence-corrected chi connectivity index (χ1v) is 10.2. The van der Waals surface area contributed by atoms with Gasteiger partial charge >= 0.3 is 6.18 Å². The molecule has 1 unspecified atom stereocenters. The Morgan fingerprint density at radius 1 is 1.03 bits per heavy atom. The van der Waals surface area contributed by atoms with Crippen LogP contribution in [-0.2, 0) is 17.2 Å². The van der Waals surface area contributed by atoms with Crippen molar-refractivity contribution in [3.8, 4) is 34.5 Å². The first kappa shape index (κ1) is 21.8. The molecular weight excluding hydrogens is 427 g/mol. The third-order valence-corrected chi connectivity index (χ3v) is 4.87. The minimum absolute atomic E-state index is 0.0136. The van der Waals surface area contributed by atoms with Crippen molar-refractivity contribution in [2.75, 3.05) is 16.7 Å². The smallest absolute Gasteiger partial charge is 0.383 e. The summed E-state index contributed by atoms with van der Waals surface area (Å²) in [5.74, 6) is -0.163. The molecule has 0 aliphatic rings. The predicted molar refractivity (Wildman–Crippen MR) is 112 cm³/mol. The standard InChI is InChI=1S/C21H14F3N5OS/c1-31(30)29-15-4-2-3-13(9-15)19-16(10-25)18(17(11-26)20(27)28-19)12-5-7-14(8-6-12)21(22,23)24/h2-9,29H,1H3,(H2,27,28). The number of nitrogens with two attached hydrogens (primary N) is 1. The zero-order valence-electron chi connectivity index (χ0n) is 16.0. The molecule has 10 heteroatoms. The van der Waals surface area contributed by atoms with E-state index in [-0.39, 0.29) is 33.8 Å². The number of hydrogen-bond acceptors (Lipinski definition) is 5. The summed E-state index contributed by atoms with van der Waals surface area (Å²) in [6.07, 6.45) is -3.07. The van der Waals surface area contributed by atoms with Crippen LogP contribution in [-0.4, -0.2) is 15.4 Å². The minimum atomic E-state index is -4.52. The summed E-state index contributed by atoms with van der Waals surface area (Å²) in [6, 6.07) is 14.6. The van der Waals surface area contributed by atoms with Gasteiger partial charge in [-0.3, -0.25) is 0 Å². The largest absolute Gasteiger partial charge is 0.416 e. The van der Waals surface area contributed by atoms with E-state index in [1.54, 1.807) is 24.3 Å². The van der Waals surface area contributed by atoms with E-state index in [1.807, 2.05) is 12.1 Å². The number of pyridine rings is 1. The Labute approximate surface area is 178 Å². The third-order valence-electron chi connectivity index (χ3n) is 4.35. The number of nitrogen functional groups attached to an aromatic ring is 1. The van der Waals surface area contributed by atoms with Gasteiger partial charge in [0, 0.05) is 23.1 Å². The molecule has 1 aromatic heterocycles. The van der Waals surface area contributed by atoms with Gasteiger partial charge < -0.3 is 10.5 Å². The van der Waals surface area contributed by atoms with Crippen LogP contribution in [0.4, 0.5) is 24.7 Å². The molecule has 3 rings (SSSR count). The van der Waals surface area contributed by atoms with Crippen molar-refractivity contribution in [2.24, 2.45) is 0 Å². The number of halogens is 3. The topological polar surface area (TPSA) is 116 Å². The van der Waals surface area contributed by atoms with Crippen molar-refractivity contribution in [1.82, 2.24) is 4.98 Å². The van der Waals surface area contributed by atoms with Gasteiger partial charge in [0.1, 0.15) is 34.5 Å². The number of aromatic nitrogens is 1. The van der Waals surface area contributed by atoms with E-state index in [1.165, 1.54) is 18.4 Å². The number of nitriles is 2. The summed E-state index contributed by atoms with van der Waals surface area (Å²) in [6.45, 7) is 0. The lowest BCUT2D eigenvalue weighted by Crippen LogP contribution is -2.06. The van der Waals surface area contributed by atoms with Gasteiger partial charge in [-0.15, -0.1) is 0 Å². The second-order valence-corrected chi connectivity index (χ2v) is 7.52. The summed E-state index contributed by atoms with van der Waals surface area (Å²) < 4.78 is 53.0. The summed E-state index contributed by atoms with van der Waals surface area (Å²) >= 11 is 0. The first-order valence-electron chi connectivity index (χ1n) is 8.67. The van der Waals surface area contributed by atoms with Crippen LogP contribution in [0.5, 0.6) is 0 Å². The van der Waals surface area contributed by atoms with Crippen LogP contribution >= 0.6 is 0 Å². The molecule has 0 spiro atoms. The van der Waals surface area contributed by atoms with E-state index in [0.29, 0.717) is 11.3 Å². The fourth-order valence-corrected chi connectivity index (χ4v) is 3.50. The number of nitrogens with zero attached hydrogens (tertiary/aromatic N) is 3. The molecule has 6 nitrogen and oxygen atoms in total. The molecule has 2 aromatic carbocycles. The van der Waals surface area contributed by atoms with Gasteiger partial charge in [0.05, 0.1) is 16.8 Å². The molecule has 0 aliphatic carbocycles. The number of anilines is 2. The van der Waals surface area contributed by atoms with E-state index < -0.39 is 22.7 Å². The highest BCUT2D eigenvalue weighted by Gasteiger charge is 2.30. The van der Waals surface area contributed by atoms with Gasteiger partial charge in [0.2, 0.25) is 0 Å². The molecule has 0 radical (unpaired) electrons. The molecule has 0 aliphatic heterocycles. The minimum Gasteiger partial charge on any atom is -0.383 e. The number of hydrogen-bond donors (Lipinski definition) is 2. The van der Waals surface area contributed by atoms with Crippen molar-refractivity contribution >= 4 is 22.5 Å². The summed E-state index contributed by atoms with van der Waals surface area (Å²) in [7, 11) is -1.34. The fourth-order valence-electron chi connectivity index (χ4n) is 3.05. The zero-order chi connectivity index (χ0) is 22.8. The maximum absolute atomic E-state index is 12.9. The van der Waals surface area contributed by atoms with Crippen molar-refractivity contribution in [3.63, 3.8) is 0 Å².